The van der Waals surface area contributed by atoms with E-state index in [-0.39, 0.29) is 18.5 Å². The second kappa shape index (κ2) is 8.34. The number of aliphatic carboxylic acids is 2. The lowest BCUT2D eigenvalue weighted by Gasteiger charge is -2.15. The Labute approximate surface area is 165 Å². The number of carbonyl (C=O) groups is 3. The first-order valence-electron chi connectivity index (χ1n) is 9.22. The minimum atomic E-state index is -1.32. The molecule has 1 aliphatic carbocycles. The van der Waals surface area contributed by atoms with Crippen LogP contribution in [0.15, 0.2) is 21.3 Å². The van der Waals surface area contributed by atoms with Crippen molar-refractivity contribution in [1.82, 2.24) is 5.32 Å². The summed E-state index contributed by atoms with van der Waals surface area (Å²) in [5.74, 6) is -2.77. The number of hydrogen-bond donors (Lipinski definition) is 3. The Morgan fingerprint density at radius 3 is 2.62 bits per heavy atom. The molecule has 1 atom stereocenters. The van der Waals surface area contributed by atoms with Crippen LogP contribution in [0.3, 0.4) is 0 Å². The third kappa shape index (κ3) is 4.56. The second-order valence-corrected chi connectivity index (χ2v) is 7.02. The van der Waals surface area contributed by atoms with Crippen LogP contribution in [-0.4, -0.2) is 40.7 Å². The molecule has 154 valence electrons. The smallest absolute Gasteiger partial charge is 0.339 e. The molecule has 0 unspecified atom stereocenters. The average molecular weight is 403 g/mol. The van der Waals surface area contributed by atoms with E-state index in [1.165, 1.54) is 0 Å². The van der Waals surface area contributed by atoms with E-state index in [1.54, 1.807) is 19.1 Å². The minimum Gasteiger partial charge on any atom is -0.483 e. The van der Waals surface area contributed by atoms with Crippen LogP contribution >= 0.6 is 0 Å². The van der Waals surface area contributed by atoms with Crippen molar-refractivity contribution < 1.29 is 33.8 Å². The predicted molar refractivity (Wildman–Crippen MR) is 101 cm³/mol. The molecule has 3 N–H and O–H groups in total. The maximum atomic E-state index is 12.2. The lowest BCUT2D eigenvalue weighted by molar-refractivity contribution is -0.143. The molecule has 9 heteroatoms. The fourth-order valence-electron chi connectivity index (χ4n) is 3.52. The van der Waals surface area contributed by atoms with E-state index in [4.69, 9.17) is 19.4 Å². The van der Waals surface area contributed by atoms with Gasteiger partial charge < -0.3 is 24.7 Å². The van der Waals surface area contributed by atoms with Gasteiger partial charge in [0.15, 0.2) is 6.61 Å². The molecular formula is C20H21NO8. The maximum absolute atomic E-state index is 12.2. The summed E-state index contributed by atoms with van der Waals surface area (Å²) in [4.78, 5) is 46.1. The number of carboxylic acids is 2. The first-order chi connectivity index (χ1) is 13.8. The van der Waals surface area contributed by atoms with Gasteiger partial charge in [-0.15, -0.1) is 0 Å². The van der Waals surface area contributed by atoms with Crippen molar-refractivity contribution in [3.63, 3.8) is 0 Å². The van der Waals surface area contributed by atoms with Gasteiger partial charge in [-0.1, -0.05) is 0 Å². The molecule has 0 aliphatic heterocycles. The molecular weight excluding hydrogens is 382 g/mol. The van der Waals surface area contributed by atoms with Crippen molar-refractivity contribution in [2.24, 2.45) is 0 Å². The summed E-state index contributed by atoms with van der Waals surface area (Å²) in [6, 6.07) is 2.14. The summed E-state index contributed by atoms with van der Waals surface area (Å²) in [5, 5.41) is 20.7. The van der Waals surface area contributed by atoms with E-state index in [2.05, 4.69) is 5.32 Å². The zero-order valence-electron chi connectivity index (χ0n) is 15.8. The number of carboxylic acid groups (broad SMARTS) is 2. The van der Waals surface area contributed by atoms with Gasteiger partial charge in [0, 0.05) is 12.0 Å². The monoisotopic (exact) mass is 403 g/mol. The third-order valence-corrected chi connectivity index (χ3v) is 4.82. The highest BCUT2D eigenvalue weighted by atomic mass is 16.5. The molecule has 9 nitrogen and oxygen atoms in total. The summed E-state index contributed by atoms with van der Waals surface area (Å²) < 4.78 is 11.1. The topological polar surface area (TPSA) is 143 Å². The Hall–Kier alpha value is -3.36. The zero-order chi connectivity index (χ0) is 21.1. The molecule has 0 radical (unpaired) electrons. The number of amides is 1. The van der Waals surface area contributed by atoms with Crippen molar-refractivity contribution in [3.05, 3.63) is 39.2 Å². The van der Waals surface area contributed by atoms with E-state index in [1.807, 2.05) is 0 Å². The predicted octanol–water partition coefficient (Wildman–Crippen LogP) is 1.40. The molecule has 0 fully saturated rings. The van der Waals surface area contributed by atoms with Gasteiger partial charge >= 0.3 is 17.6 Å². The highest BCUT2D eigenvalue weighted by molar-refractivity contribution is 5.90. The molecule has 1 heterocycles. The Morgan fingerprint density at radius 1 is 1.21 bits per heavy atom. The lowest BCUT2D eigenvalue weighted by atomic mass is 10.0. The number of fused-ring (bicyclic) bond motifs is 3. The van der Waals surface area contributed by atoms with Crippen LogP contribution in [0.1, 0.15) is 36.0 Å². The van der Waals surface area contributed by atoms with Gasteiger partial charge in [-0.25, -0.2) is 9.59 Å². The summed E-state index contributed by atoms with van der Waals surface area (Å²) in [5.41, 5.74) is 2.28. The SMILES string of the molecule is Cc1cc(OCC(=O)N[C@@H](CCC(=O)O)C(=O)O)c2c3c(c(=O)oc2c1)CCC3. The van der Waals surface area contributed by atoms with Gasteiger partial charge in [0.05, 0.1) is 5.39 Å². The van der Waals surface area contributed by atoms with Crippen molar-refractivity contribution in [2.75, 3.05) is 6.61 Å². The quantitative estimate of drug-likeness (QED) is 0.561. The molecule has 0 bridgehead atoms. The Bertz CT molecular complexity index is 1040. The van der Waals surface area contributed by atoms with E-state index >= 15 is 0 Å². The molecule has 3 rings (SSSR count). The Morgan fingerprint density at radius 2 is 1.93 bits per heavy atom. The molecule has 29 heavy (non-hydrogen) atoms. The van der Waals surface area contributed by atoms with Gasteiger partial charge in [0.1, 0.15) is 17.4 Å². The normalized spacial score (nSPS) is 13.7. The van der Waals surface area contributed by atoms with Crippen LogP contribution in [-0.2, 0) is 27.2 Å². The molecule has 1 aromatic carbocycles. The summed E-state index contributed by atoms with van der Waals surface area (Å²) in [6.45, 7) is 1.34. The summed E-state index contributed by atoms with van der Waals surface area (Å²) >= 11 is 0. The van der Waals surface area contributed by atoms with Crippen molar-refractivity contribution in [3.8, 4) is 5.75 Å². The van der Waals surface area contributed by atoms with Crippen LogP contribution in [0.4, 0.5) is 0 Å². The van der Waals surface area contributed by atoms with Gasteiger partial charge in [-0.3, -0.25) is 9.59 Å². The van der Waals surface area contributed by atoms with Crippen LogP contribution in [0.2, 0.25) is 0 Å². The van der Waals surface area contributed by atoms with E-state index in [9.17, 15) is 19.2 Å². The van der Waals surface area contributed by atoms with Crippen LogP contribution < -0.4 is 15.7 Å². The molecule has 2 aromatic rings. The third-order valence-electron chi connectivity index (χ3n) is 4.82. The summed E-state index contributed by atoms with van der Waals surface area (Å²) in [6.07, 6.45) is 1.55. The van der Waals surface area contributed by atoms with E-state index < -0.39 is 30.5 Å². The molecule has 0 saturated carbocycles. The molecule has 0 saturated heterocycles. The minimum absolute atomic E-state index is 0.234. The fraction of sp³-hybridized carbons (Fsp3) is 0.400. The van der Waals surface area contributed by atoms with Gasteiger partial charge in [0.25, 0.3) is 5.91 Å². The van der Waals surface area contributed by atoms with E-state index in [0.29, 0.717) is 35.1 Å². The van der Waals surface area contributed by atoms with Crippen molar-refractivity contribution in [2.45, 2.75) is 45.1 Å². The van der Waals surface area contributed by atoms with Crippen molar-refractivity contribution >= 4 is 28.8 Å². The van der Waals surface area contributed by atoms with Crippen LogP contribution in [0.25, 0.3) is 11.0 Å². The number of carbonyl (C=O) groups excluding carboxylic acids is 1. The second-order valence-electron chi connectivity index (χ2n) is 7.02. The highest BCUT2D eigenvalue weighted by Gasteiger charge is 2.24. The molecule has 1 aromatic heterocycles. The number of rotatable bonds is 8. The Kier molecular flexibility index (Phi) is 5.86. The van der Waals surface area contributed by atoms with Crippen molar-refractivity contribution in [1.29, 1.82) is 0 Å². The maximum Gasteiger partial charge on any atom is 0.339 e. The highest BCUT2D eigenvalue weighted by Crippen LogP contribution is 2.35. The molecule has 1 amide bonds. The average Bonchev–Trinajstić information content (AvgIpc) is 3.12. The largest absolute Gasteiger partial charge is 0.483 e. The number of benzene rings is 1. The Balaban J connectivity index is 1.79. The lowest BCUT2D eigenvalue weighted by Crippen LogP contribution is -2.43. The first-order valence-corrected chi connectivity index (χ1v) is 9.22. The standard InChI is InChI=1S/C20H21NO8/c1-10-7-14(18-11-3-2-4-12(11)20(27)29-15(18)8-10)28-9-16(22)21-13(19(25)26)5-6-17(23)24/h7-8,13H,2-6,9H2,1H3,(H,21,22)(H,23,24)(H,25,26)/t13-/m0/s1. The van der Waals surface area contributed by atoms with Gasteiger partial charge in [0.2, 0.25) is 0 Å². The van der Waals surface area contributed by atoms with Crippen LogP contribution in [0, 0.1) is 6.92 Å². The molecule has 1 aliphatic rings. The number of nitrogens with one attached hydrogen (secondary N) is 1. The fourth-order valence-corrected chi connectivity index (χ4v) is 3.52. The van der Waals surface area contributed by atoms with Gasteiger partial charge in [-0.05, 0) is 55.9 Å². The zero-order valence-corrected chi connectivity index (χ0v) is 15.8. The first kappa shape index (κ1) is 20.4. The number of ether oxygens (including phenoxy) is 1. The number of hydrogen-bond acceptors (Lipinski definition) is 6. The molecule has 0 spiro atoms. The van der Waals surface area contributed by atoms with Crippen LogP contribution in [0.5, 0.6) is 5.75 Å². The summed E-state index contributed by atoms with van der Waals surface area (Å²) in [7, 11) is 0. The van der Waals surface area contributed by atoms with Gasteiger partial charge in [-0.2, -0.15) is 0 Å². The number of aryl methyl sites for hydroxylation is 2. The van der Waals surface area contributed by atoms with E-state index in [0.717, 1.165) is 17.5 Å².